The van der Waals surface area contributed by atoms with Gasteiger partial charge in [-0.1, -0.05) is 24.0 Å². The standard InChI is InChI=1S/C23H20F2N4O/c1-23(24,25)17-9-4-14(5-10-17)3-6-16-12-28-21(26-2)19-13-27-20(11-18(16)19)29-22(30)15-7-8-15/h4-5,9-13,15H,7-8H2,1-2H3,(H,26,28)(H,27,29,30). The van der Waals surface area contributed by atoms with Crippen LogP contribution in [0.2, 0.25) is 0 Å². The molecule has 7 heteroatoms. The summed E-state index contributed by atoms with van der Waals surface area (Å²) in [6.45, 7) is 0.864. The maximum atomic E-state index is 13.4. The van der Waals surface area contributed by atoms with Gasteiger partial charge >= 0.3 is 0 Å². The normalized spacial score (nSPS) is 13.5. The molecule has 0 atom stereocenters. The van der Waals surface area contributed by atoms with Crippen molar-refractivity contribution in [1.29, 1.82) is 0 Å². The first-order valence-electron chi connectivity index (χ1n) is 9.63. The Morgan fingerprint density at radius 1 is 1.10 bits per heavy atom. The van der Waals surface area contributed by atoms with Gasteiger partial charge < -0.3 is 10.6 Å². The van der Waals surface area contributed by atoms with E-state index in [0.717, 1.165) is 30.5 Å². The second-order valence-corrected chi connectivity index (χ2v) is 7.36. The van der Waals surface area contributed by atoms with E-state index in [2.05, 4.69) is 32.4 Å². The predicted molar refractivity (Wildman–Crippen MR) is 112 cm³/mol. The first-order valence-corrected chi connectivity index (χ1v) is 9.63. The van der Waals surface area contributed by atoms with Gasteiger partial charge in [0, 0.05) is 54.2 Å². The number of aromatic nitrogens is 2. The molecule has 1 fully saturated rings. The first-order chi connectivity index (χ1) is 14.3. The molecule has 1 aromatic carbocycles. The second-order valence-electron chi connectivity index (χ2n) is 7.36. The van der Waals surface area contributed by atoms with Gasteiger partial charge in [0.25, 0.3) is 5.92 Å². The quantitative estimate of drug-likeness (QED) is 0.625. The molecule has 2 heterocycles. The Morgan fingerprint density at radius 3 is 2.47 bits per heavy atom. The van der Waals surface area contributed by atoms with Crippen LogP contribution in [0.5, 0.6) is 0 Å². The zero-order valence-corrected chi connectivity index (χ0v) is 16.6. The average Bonchev–Trinajstić information content (AvgIpc) is 3.57. The van der Waals surface area contributed by atoms with Crippen molar-refractivity contribution < 1.29 is 13.6 Å². The van der Waals surface area contributed by atoms with Crippen molar-refractivity contribution in [2.75, 3.05) is 17.7 Å². The van der Waals surface area contributed by atoms with Crippen molar-refractivity contribution in [1.82, 2.24) is 9.97 Å². The van der Waals surface area contributed by atoms with E-state index < -0.39 is 5.92 Å². The summed E-state index contributed by atoms with van der Waals surface area (Å²) < 4.78 is 26.8. The van der Waals surface area contributed by atoms with Crippen molar-refractivity contribution in [2.24, 2.45) is 5.92 Å². The number of rotatable bonds is 4. The largest absolute Gasteiger partial charge is 0.373 e. The summed E-state index contributed by atoms with van der Waals surface area (Å²) >= 11 is 0. The second kappa shape index (κ2) is 7.71. The van der Waals surface area contributed by atoms with Gasteiger partial charge in [-0.05, 0) is 31.0 Å². The Balaban J connectivity index is 1.69. The summed E-state index contributed by atoms with van der Waals surface area (Å²) in [5.74, 6) is 4.34. The smallest absolute Gasteiger partial charge is 0.270 e. The van der Waals surface area contributed by atoms with Gasteiger partial charge in [0.1, 0.15) is 11.6 Å². The summed E-state index contributed by atoms with van der Waals surface area (Å²) in [6, 6.07) is 7.67. The van der Waals surface area contributed by atoms with Crippen LogP contribution >= 0.6 is 0 Å². The number of pyridine rings is 2. The molecule has 0 bridgehead atoms. The average molecular weight is 406 g/mol. The van der Waals surface area contributed by atoms with Crippen LogP contribution < -0.4 is 10.6 Å². The molecule has 30 heavy (non-hydrogen) atoms. The highest BCUT2D eigenvalue weighted by molar-refractivity contribution is 5.99. The van der Waals surface area contributed by atoms with Crippen LogP contribution in [0.25, 0.3) is 10.8 Å². The molecule has 0 aliphatic heterocycles. The highest BCUT2D eigenvalue weighted by Crippen LogP contribution is 2.31. The van der Waals surface area contributed by atoms with Crippen LogP contribution in [0.15, 0.2) is 42.7 Å². The van der Waals surface area contributed by atoms with Gasteiger partial charge in [0.2, 0.25) is 5.91 Å². The summed E-state index contributed by atoms with van der Waals surface area (Å²) in [6.07, 6.45) is 5.11. The van der Waals surface area contributed by atoms with Crippen LogP contribution in [0, 0.1) is 17.8 Å². The molecule has 1 aliphatic rings. The lowest BCUT2D eigenvalue weighted by Crippen LogP contribution is -2.14. The number of fused-ring (bicyclic) bond motifs is 1. The number of amides is 1. The number of hydrogen-bond acceptors (Lipinski definition) is 4. The number of carbonyl (C=O) groups excluding carboxylic acids is 1. The van der Waals surface area contributed by atoms with Gasteiger partial charge in [0.15, 0.2) is 0 Å². The van der Waals surface area contributed by atoms with E-state index in [9.17, 15) is 13.6 Å². The Labute approximate surface area is 172 Å². The minimum Gasteiger partial charge on any atom is -0.373 e. The Hall–Kier alpha value is -3.53. The van der Waals surface area contributed by atoms with E-state index in [0.29, 0.717) is 22.8 Å². The molecule has 2 aromatic heterocycles. The lowest BCUT2D eigenvalue weighted by molar-refractivity contribution is -0.117. The third-order valence-electron chi connectivity index (χ3n) is 4.94. The molecule has 1 amide bonds. The van der Waals surface area contributed by atoms with Crippen LogP contribution in [0.4, 0.5) is 20.4 Å². The van der Waals surface area contributed by atoms with E-state index in [1.54, 1.807) is 37.6 Å². The number of nitrogens with zero attached hydrogens (tertiary/aromatic N) is 2. The molecule has 5 nitrogen and oxygen atoms in total. The van der Waals surface area contributed by atoms with Crippen LogP contribution in [-0.4, -0.2) is 22.9 Å². The summed E-state index contributed by atoms with van der Waals surface area (Å²) in [5.41, 5.74) is 1.21. The van der Waals surface area contributed by atoms with Crippen molar-refractivity contribution >= 4 is 28.3 Å². The molecule has 1 saturated carbocycles. The number of anilines is 2. The Kier molecular flexibility index (Phi) is 5.08. The third-order valence-corrected chi connectivity index (χ3v) is 4.94. The number of alkyl halides is 2. The topological polar surface area (TPSA) is 66.9 Å². The summed E-state index contributed by atoms with van der Waals surface area (Å²) in [5, 5.41) is 7.43. The number of nitrogens with one attached hydrogen (secondary N) is 2. The van der Waals surface area contributed by atoms with E-state index in [4.69, 9.17) is 0 Å². The SMILES string of the molecule is CNc1ncc(C#Cc2ccc(C(C)(F)F)cc2)c2cc(NC(=O)C3CC3)ncc12. The molecule has 4 rings (SSSR count). The van der Waals surface area contributed by atoms with Gasteiger partial charge in [-0.3, -0.25) is 4.79 Å². The lowest BCUT2D eigenvalue weighted by atomic mass is 10.1. The van der Waals surface area contributed by atoms with E-state index in [-0.39, 0.29) is 17.4 Å². The fraction of sp³-hybridized carbons (Fsp3) is 0.261. The van der Waals surface area contributed by atoms with Gasteiger partial charge in [-0.2, -0.15) is 0 Å². The van der Waals surface area contributed by atoms with E-state index in [1.807, 2.05) is 0 Å². The van der Waals surface area contributed by atoms with Crippen LogP contribution in [-0.2, 0) is 10.7 Å². The number of carbonyl (C=O) groups is 1. The summed E-state index contributed by atoms with van der Waals surface area (Å²) in [4.78, 5) is 20.8. The van der Waals surface area contributed by atoms with Crippen molar-refractivity contribution in [3.63, 3.8) is 0 Å². The van der Waals surface area contributed by atoms with Gasteiger partial charge in [-0.25, -0.2) is 18.7 Å². The molecule has 152 valence electrons. The molecular formula is C23H20F2N4O. The van der Waals surface area contributed by atoms with Crippen LogP contribution in [0.1, 0.15) is 36.5 Å². The molecule has 2 N–H and O–H groups in total. The monoisotopic (exact) mass is 406 g/mol. The van der Waals surface area contributed by atoms with Crippen LogP contribution in [0.3, 0.4) is 0 Å². The highest BCUT2D eigenvalue weighted by atomic mass is 19.3. The van der Waals surface area contributed by atoms with Crippen molar-refractivity contribution in [2.45, 2.75) is 25.7 Å². The molecule has 0 unspecified atom stereocenters. The molecule has 0 radical (unpaired) electrons. The maximum absolute atomic E-state index is 13.4. The first kappa shape index (κ1) is 19.8. The predicted octanol–water partition coefficient (Wildman–Crippen LogP) is 4.53. The number of halogens is 2. The fourth-order valence-electron chi connectivity index (χ4n) is 3.06. The Bertz CT molecular complexity index is 1170. The molecule has 3 aromatic rings. The Morgan fingerprint density at radius 2 is 1.83 bits per heavy atom. The lowest BCUT2D eigenvalue weighted by Gasteiger charge is -2.10. The zero-order chi connectivity index (χ0) is 21.3. The van der Waals surface area contributed by atoms with Crippen molar-refractivity contribution in [3.8, 4) is 11.8 Å². The minimum absolute atomic E-state index is 0.0230. The highest BCUT2D eigenvalue weighted by Gasteiger charge is 2.29. The molecule has 0 saturated heterocycles. The number of benzene rings is 1. The number of hydrogen-bond donors (Lipinski definition) is 2. The zero-order valence-electron chi connectivity index (χ0n) is 16.6. The molecule has 0 spiro atoms. The third kappa shape index (κ3) is 4.23. The van der Waals surface area contributed by atoms with E-state index in [1.165, 1.54) is 12.1 Å². The van der Waals surface area contributed by atoms with Gasteiger partial charge in [0.05, 0.1) is 5.56 Å². The molecular weight excluding hydrogens is 386 g/mol. The van der Waals surface area contributed by atoms with Crippen molar-refractivity contribution in [3.05, 3.63) is 59.4 Å². The maximum Gasteiger partial charge on any atom is 0.270 e. The van der Waals surface area contributed by atoms with E-state index >= 15 is 0 Å². The molecule has 1 aliphatic carbocycles. The van der Waals surface area contributed by atoms with Gasteiger partial charge in [-0.15, -0.1) is 0 Å². The fourth-order valence-corrected chi connectivity index (χ4v) is 3.06. The minimum atomic E-state index is -2.89. The summed E-state index contributed by atoms with van der Waals surface area (Å²) in [7, 11) is 1.76.